The molecule has 2 aromatic rings. The van der Waals surface area contributed by atoms with Crippen molar-refractivity contribution in [3.63, 3.8) is 0 Å². The molecule has 0 amide bonds. The molecule has 0 saturated heterocycles. The molecule has 1 saturated carbocycles. The van der Waals surface area contributed by atoms with Gasteiger partial charge in [0.05, 0.1) is 0 Å². The number of aryl methyl sites for hydroxylation is 1. The second kappa shape index (κ2) is 5.53. The Kier molecular flexibility index (Phi) is 3.75. The Morgan fingerprint density at radius 3 is 2.50 bits per heavy atom. The molecule has 0 radical (unpaired) electrons. The molecule has 102 valence electrons. The molecule has 0 spiro atoms. The first-order valence-corrected chi connectivity index (χ1v) is 7.86. The summed E-state index contributed by atoms with van der Waals surface area (Å²) in [5.74, 6) is 0.725. The lowest BCUT2D eigenvalue weighted by atomic mass is 9.77. The van der Waals surface area contributed by atoms with Gasteiger partial charge in [0.2, 0.25) is 0 Å². The molecule has 0 heterocycles. The maximum absolute atomic E-state index is 12.8. The molecule has 0 unspecified atom stereocenters. The van der Waals surface area contributed by atoms with Gasteiger partial charge in [-0.2, -0.15) is 0 Å². The predicted octanol–water partition coefficient (Wildman–Crippen LogP) is 5.26. The summed E-state index contributed by atoms with van der Waals surface area (Å²) in [7, 11) is 0. The molecule has 1 aliphatic carbocycles. The molecule has 20 heavy (non-hydrogen) atoms. The summed E-state index contributed by atoms with van der Waals surface area (Å²) in [5, 5.41) is 0. The van der Waals surface area contributed by atoms with E-state index in [0.29, 0.717) is 5.92 Å². The number of benzene rings is 2. The zero-order valence-electron chi connectivity index (χ0n) is 11.5. The number of ketones is 1. The zero-order valence-corrected chi connectivity index (χ0v) is 13.1. The standard InChI is InChI=1S/C18H17BrO/c1-12-11-14(19)9-10-15(12)18(20)17-8-3-2-7-16(17)13-5-4-6-13/h2-3,7-11,13H,4-6H2,1H3. The first-order chi connectivity index (χ1) is 9.66. The topological polar surface area (TPSA) is 17.1 Å². The van der Waals surface area contributed by atoms with Crippen molar-refractivity contribution < 1.29 is 4.79 Å². The van der Waals surface area contributed by atoms with Crippen molar-refractivity contribution in [2.45, 2.75) is 32.1 Å². The van der Waals surface area contributed by atoms with Crippen LogP contribution in [0.15, 0.2) is 46.9 Å². The molecule has 0 atom stereocenters. The second-order valence-electron chi connectivity index (χ2n) is 5.50. The number of hydrogen-bond donors (Lipinski definition) is 0. The van der Waals surface area contributed by atoms with Crippen LogP contribution in [0.2, 0.25) is 0 Å². The third kappa shape index (κ3) is 2.45. The van der Waals surface area contributed by atoms with Crippen LogP contribution in [0.3, 0.4) is 0 Å². The van der Waals surface area contributed by atoms with Crippen LogP contribution in [-0.2, 0) is 0 Å². The van der Waals surface area contributed by atoms with Gasteiger partial charge in [0.1, 0.15) is 0 Å². The van der Waals surface area contributed by atoms with Crippen LogP contribution in [0.4, 0.5) is 0 Å². The molecule has 3 rings (SSSR count). The van der Waals surface area contributed by atoms with Crippen LogP contribution in [0.25, 0.3) is 0 Å². The van der Waals surface area contributed by atoms with E-state index in [1.54, 1.807) is 0 Å². The van der Waals surface area contributed by atoms with E-state index in [1.807, 2.05) is 43.3 Å². The van der Waals surface area contributed by atoms with E-state index < -0.39 is 0 Å². The summed E-state index contributed by atoms with van der Waals surface area (Å²) in [4.78, 5) is 12.8. The number of hydrogen-bond acceptors (Lipinski definition) is 1. The maximum atomic E-state index is 12.8. The predicted molar refractivity (Wildman–Crippen MR) is 85.3 cm³/mol. The largest absolute Gasteiger partial charge is 0.289 e. The molecular formula is C18H17BrO. The van der Waals surface area contributed by atoms with Gasteiger partial charge in [-0.05, 0) is 55.0 Å². The number of carbonyl (C=O) groups excluding carboxylic acids is 1. The Balaban J connectivity index is 2.02. The van der Waals surface area contributed by atoms with Crippen LogP contribution in [0.1, 0.15) is 52.2 Å². The van der Waals surface area contributed by atoms with E-state index in [2.05, 4.69) is 22.0 Å². The summed E-state index contributed by atoms with van der Waals surface area (Å²) >= 11 is 3.45. The Labute approximate surface area is 128 Å². The number of halogens is 1. The third-order valence-corrected chi connectivity index (χ3v) is 4.68. The van der Waals surface area contributed by atoms with Crippen LogP contribution < -0.4 is 0 Å². The lowest BCUT2D eigenvalue weighted by Crippen LogP contribution is -2.14. The Hall–Kier alpha value is -1.41. The molecule has 0 bridgehead atoms. The average Bonchev–Trinajstić information content (AvgIpc) is 2.37. The lowest BCUT2D eigenvalue weighted by Gasteiger charge is -2.27. The van der Waals surface area contributed by atoms with Crippen molar-refractivity contribution in [1.29, 1.82) is 0 Å². The molecule has 0 aliphatic heterocycles. The minimum Gasteiger partial charge on any atom is -0.289 e. The smallest absolute Gasteiger partial charge is 0.193 e. The lowest BCUT2D eigenvalue weighted by molar-refractivity contribution is 0.103. The minimum absolute atomic E-state index is 0.150. The van der Waals surface area contributed by atoms with Gasteiger partial charge in [-0.15, -0.1) is 0 Å². The monoisotopic (exact) mass is 328 g/mol. The molecule has 1 nitrogen and oxygen atoms in total. The normalized spacial score (nSPS) is 14.9. The molecule has 1 aliphatic rings. The molecule has 0 aromatic heterocycles. The summed E-state index contributed by atoms with van der Waals surface area (Å²) in [6.45, 7) is 1.99. The summed E-state index contributed by atoms with van der Waals surface area (Å²) in [6, 6.07) is 13.9. The average molecular weight is 329 g/mol. The van der Waals surface area contributed by atoms with Crippen molar-refractivity contribution in [3.05, 3.63) is 69.2 Å². The second-order valence-corrected chi connectivity index (χ2v) is 6.42. The van der Waals surface area contributed by atoms with Crippen LogP contribution in [0, 0.1) is 6.92 Å². The van der Waals surface area contributed by atoms with Crippen molar-refractivity contribution in [2.24, 2.45) is 0 Å². The van der Waals surface area contributed by atoms with Gasteiger partial charge >= 0.3 is 0 Å². The number of carbonyl (C=O) groups is 1. The highest BCUT2D eigenvalue weighted by Gasteiger charge is 2.25. The molecule has 0 N–H and O–H groups in total. The van der Waals surface area contributed by atoms with E-state index in [0.717, 1.165) is 21.2 Å². The van der Waals surface area contributed by atoms with Gasteiger partial charge in [-0.3, -0.25) is 4.79 Å². The van der Waals surface area contributed by atoms with Crippen LogP contribution in [0.5, 0.6) is 0 Å². The van der Waals surface area contributed by atoms with Gasteiger partial charge in [0, 0.05) is 15.6 Å². The fourth-order valence-electron chi connectivity index (χ4n) is 2.81. The highest BCUT2D eigenvalue weighted by atomic mass is 79.9. The van der Waals surface area contributed by atoms with Gasteiger partial charge < -0.3 is 0 Å². The first kappa shape index (κ1) is 13.6. The highest BCUT2D eigenvalue weighted by molar-refractivity contribution is 9.10. The Morgan fingerprint density at radius 1 is 1.10 bits per heavy atom. The minimum atomic E-state index is 0.150. The fourth-order valence-corrected chi connectivity index (χ4v) is 3.28. The van der Waals surface area contributed by atoms with E-state index in [9.17, 15) is 4.79 Å². The molecule has 1 fully saturated rings. The van der Waals surface area contributed by atoms with Crippen LogP contribution >= 0.6 is 15.9 Å². The molecule has 2 aromatic carbocycles. The van der Waals surface area contributed by atoms with Crippen molar-refractivity contribution >= 4 is 21.7 Å². The van der Waals surface area contributed by atoms with E-state index in [-0.39, 0.29) is 5.78 Å². The highest BCUT2D eigenvalue weighted by Crippen LogP contribution is 2.38. The first-order valence-electron chi connectivity index (χ1n) is 7.06. The number of rotatable bonds is 3. The van der Waals surface area contributed by atoms with Gasteiger partial charge in [-0.25, -0.2) is 0 Å². The Bertz CT molecular complexity index is 656. The third-order valence-electron chi connectivity index (χ3n) is 4.18. The van der Waals surface area contributed by atoms with E-state index in [1.165, 1.54) is 24.8 Å². The van der Waals surface area contributed by atoms with Gasteiger partial charge in [0.15, 0.2) is 5.78 Å². The van der Waals surface area contributed by atoms with E-state index >= 15 is 0 Å². The van der Waals surface area contributed by atoms with Crippen molar-refractivity contribution in [1.82, 2.24) is 0 Å². The quantitative estimate of drug-likeness (QED) is 0.702. The SMILES string of the molecule is Cc1cc(Br)ccc1C(=O)c1ccccc1C1CCC1. The fraction of sp³-hybridized carbons (Fsp3) is 0.278. The summed E-state index contributed by atoms with van der Waals surface area (Å²) in [5.41, 5.74) is 3.93. The maximum Gasteiger partial charge on any atom is 0.193 e. The van der Waals surface area contributed by atoms with Gasteiger partial charge in [0.25, 0.3) is 0 Å². The van der Waals surface area contributed by atoms with Crippen molar-refractivity contribution in [3.8, 4) is 0 Å². The summed E-state index contributed by atoms with van der Waals surface area (Å²) in [6.07, 6.45) is 3.71. The Morgan fingerprint density at radius 2 is 1.85 bits per heavy atom. The summed E-state index contributed by atoms with van der Waals surface area (Å²) < 4.78 is 1.01. The molecular weight excluding hydrogens is 312 g/mol. The van der Waals surface area contributed by atoms with Crippen molar-refractivity contribution in [2.75, 3.05) is 0 Å². The van der Waals surface area contributed by atoms with Crippen LogP contribution in [-0.4, -0.2) is 5.78 Å². The molecule has 2 heteroatoms. The van der Waals surface area contributed by atoms with Gasteiger partial charge in [-0.1, -0.05) is 46.6 Å². The zero-order chi connectivity index (χ0) is 14.1. The van der Waals surface area contributed by atoms with E-state index in [4.69, 9.17) is 0 Å².